The van der Waals surface area contributed by atoms with Crippen LogP contribution in [0.3, 0.4) is 0 Å². The summed E-state index contributed by atoms with van der Waals surface area (Å²) >= 11 is 0. The molecule has 0 heterocycles. The highest BCUT2D eigenvalue weighted by molar-refractivity contribution is 5.70. The van der Waals surface area contributed by atoms with Gasteiger partial charge in [-0.05, 0) is 116 Å². The third-order valence-electron chi connectivity index (χ3n) is 8.52. The molecule has 0 aliphatic carbocycles. The third-order valence-corrected chi connectivity index (χ3v) is 8.52. The molecule has 5 nitrogen and oxygen atoms in total. The summed E-state index contributed by atoms with van der Waals surface area (Å²) in [5.74, 6) is -0.760. The molecular formula is C55H80O5. The molecule has 60 heavy (non-hydrogen) atoms. The number of rotatable bonds is 38. The minimum Gasteiger partial charge on any atom is -0.462 e. The zero-order valence-electron chi connectivity index (χ0n) is 37.4. The molecule has 330 valence electrons. The van der Waals surface area contributed by atoms with Crippen LogP contribution < -0.4 is 0 Å². The summed E-state index contributed by atoms with van der Waals surface area (Å²) in [4.78, 5) is 24.3. The number of carbonyl (C=O) groups excluding carboxylic acids is 2. The number of aliphatic hydroxyl groups excluding tert-OH is 1. The fourth-order valence-corrected chi connectivity index (χ4v) is 5.18. The lowest BCUT2D eigenvalue weighted by atomic mass is 10.2. The summed E-state index contributed by atoms with van der Waals surface area (Å²) in [6.07, 6.45) is 77.2. The second-order valence-electron chi connectivity index (χ2n) is 14.0. The predicted molar refractivity (Wildman–Crippen MR) is 260 cm³/mol. The number of aliphatic hydroxyl groups is 1. The number of hydrogen-bond donors (Lipinski definition) is 1. The molecule has 0 aromatic heterocycles. The fourth-order valence-electron chi connectivity index (χ4n) is 5.18. The average Bonchev–Trinajstić information content (AvgIpc) is 3.25. The Morgan fingerprint density at radius 2 is 0.683 bits per heavy atom. The van der Waals surface area contributed by atoms with E-state index in [9.17, 15) is 14.7 Å². The topological polar surface area (TPSA) is 72.8 Å². The molecule has 5 heteroatoms. The summed E-state index contributed by atoms with van der Waals surface area (Å²) in [7, 11) is 0. The lowest BCUT2D eigenvalue weighted by molar-refractivity contribution is -0.161. The van der Waals surface area contributed by atoms with Crippen LogP contribution in [0.2, 0.25) is 0 Å². The maximum absolute atomic E-state index is 12.2. The Morgan fingerprint density at radius 1 is 0.383 bits per heavy atom. The second kappa shape index (κ2) is 48.6. The number of carbonyl (C=O) groups is 2. The first-order valence-electron chi connectivity index (χ1n) is 22.7. The van der Waals surface area contributed by atoms with E-state index in [0.29, 0.717) is 12.8 Å². The first-order valence-corrected chi connectivity index (χ1v) is 22.7. The van der Waals surface area contributed by atoms with Crippen LogP contribution in [0.25, 0.3) is 0 Å². The second-order valence-corrected chi connectivity index (χ2v) is 14.0. The van der Waals surface area contributed by atoms with Gasteiger partial charge in [0.05, 0.1) is 6.61 Å². The lowest BCUT2D eigenvalue weighted by Gasteiger charge is -2.15. The van der Waals surface area contributed by atoms with Crippen LogP contribution in [0.1, 0.15) is 142 Å². The molecule has 0 bridgehead atoms. The van der Waals surface area contributed by atoms with Crippen molar-refractivity contribution in [3.8, 4) is 0 Å². The predicted octanol–water partition coefficient (Wildman–Crippen LogP) is 15.1. The molecule has 0 saturated heterocycles. The molecule has 1 unspecified atom stereocenters. The van der Waals surface area contributed by atoms with Gasteiger partial charge in [0.25, 0.3) is 0 Å². The van der Waals surface area contributed by atoms with E-state index in [1.165, 1.54) is 0 Å². The van der Waals surface area contributed by atoms with Crippen molar-refractivity contribution in [1.29, 1.82) is 0 Å². The molecule has 0 radical (unpaired) electrons. The molecule has 0 fully saturated rings. The van der Waals surface area contributed by atoms with Crippen LogP contribution in [0.15, 0.2) is 170 Å². The van der Waals surface area contributed by atoms with Gasteiger partial charge in [-0.2, -0.15) is 0 Å². The molecule has 0 amide bonds. The van der Waals surface area contributed by atoms with Gasteiger partial charge in [-0.25, -0.2) is 0 Å². The van der Waals surface area contributed by atoms with Crippen molar-refractivity contribution in [1.82, 2.24) is 0 Å². The van der Waals surface area contributed by atoms with Gasteiger partial charge in [0.1, 0.15) is 6.61 Å². The summed E-state index contributed by atoms with van der Waals surface area (Å²) in [5, 5.41) is 9.58. The molecule has 0 aromatic carbocycles. The Labute approximate surface area is 366 Å². The molecular weight excluding hydrogens is 741 g/mol. The van der Waals surface area contributed by atoms with Crippen molar-refractivity contribution < 1.29 is 24.2 Å². The Morgan fingerprint density at radius 3 is 1.00 bits per heavy atom. The zero-order valence-corrected chi connectivity index (χ0v) is 37.4. The van der Waals surface area contributed by atoms with Crippen molar-refractivity contribution >= 4 is 11.9 Å². The molecule has 0 aliphatic rings. The highest BCUT2D eigenvalue weighted by Crippen LogP contribution is 2.07. The molecule has 0 aliphatic heterocycles. The van der Waals surface area contributed by atoms with E-state index in [1.807, 2.05) is 12.2 Å². The Bertz CT molecular complexity index is 1440. The Kier molecular flexibility index (Phi) is 44.8. The first-order chi connectivity index (χ1) is 29.6. The van der Waals surface area contributed by atoms with Crippen LogP contribution >= 0.6 is 0 Å². The third kappa shape index (κ3) is 46.0. The normalized spacial score (nSPS) is 13.8. The maximum Gasteiger partial charge on any atom is 0.306 e. The van der Waals surface area contributed by atoms with E-state index in [-0.39, 0.29) is 38.0 Å². The monoisotopic (exact) mass is 821 g/mol. The molecule has 0 aromatic rings. The summed E-state index contributed by atoms with van der Waals surface area (Å²) in [5.41, 5.74) is 0. The van der Waals surface area contributed by atoms with Crippen LogP contribution in [0.4, 0.5) is 0 Å². The minimum absolute atomic E-state index is 0.138. The zero-order chi connectivity index (χ0) is 43.5. The largest absolute Gasteiger partial charge is 0.462 e. The summed E-state index contributed by atoms with van der Waals surface area (Å²) < 4.78 is 10.5. The van der Waals surface area contributed by atoms with E-state index >= 15 is 0 Å². The number of allylic oxidation sites excluding steroid dienone is 28. The van der Waals surface area contributed by atoms with Gasteiger partial charge in [-0.1, -0.05) is 184 Å². The van der Waals surface area contributed by atoms with Crippen molar-refractivity contribution in [3.05, 3.63) is 170 Å². The first kappa shape index (κ1) is 55.3. The van der Waals surface area contributed by atoms with E-state index < -0.39 is 6.10 Å². The van der Waals surface area contributed by atoms with Gasteiger partial charge in [0.2, 0.25) is 0 Å². The Hall–Kier alpha value is -4.74. The highest BCUT2D eigenvalue weighted by Gasteiger charge is 2.15. The van der Waals surface area contributed by atoms with Crippen LogP contribution in [-0.2, 0) is 19.1 Å². The van der Waals surface area contributed by atoms with Gasteiger partial charge < -0.3 is 14.6 Å². The van der Waals surface area contributed by atoms with Gasteiger partial charge in [0, 0.05) is 12.8 Å². The molecule has 1 atom stereocenters. The van der Waals surface area contributed by atoms with Gasteiger partial charge in [-0.3, -0.25) is 9.59 Å². The summed E-state index contributed by atoms with van der Waals surface area (Å²) in [6.45, 7) is 3.78. The molecule has 0 rings (SSSR count). The van der Waals surface area contributed by atoms with Gasteiger partial charge in [-0.15, -0.1) is 0 Å². The van der Waals surface area contributed by atoms with Crippen molar-refractivity contribution in [2.75, 3.05) is 13.2 Å². The van der Waals surface area contributed by atoms with Crippen LogP contribution in [0, 0.1) is 0 Å². The molecule has 0 saturated carbocycles. The Balaban J connectivity index is 3.82. The van der Waals surface area contributed by atoms with E-state index in [4.69, 9.17) is 9.47 Å². The smallest absolute Gasteiger partial charge is 0.306 e. The number of ether oxygens (including phenoxy) is 2. The SMILES string of the molecule is CC/C=C\C/C=C\C/C=C\C/C=C\C/C=C\C/C=C\C/C=C\C/C=C\CCCCC(=O)OC(CO)COC(=O)CC/C=C\C/C=C\C/C=C\C/C=C\C/C=C\C/C=C\CC. The minimum atomic E-state index is -0.841. The number of esters is 2. The summed E-state index contributed by atoms with van der Waals surface area (Å²) in [6, 6.07) is 0. The van der Waals surface area contributed by atoms with Gasteiger partial charge >= 0.3 is 11.9 Å². The highest BCUT2D eigenvalue weighted by atomic mass is 16.6. The van der Waals surface area contributed by atoms with Gasteiger partial charge in [0.15, 0.2) is 6.10 Å². The fraction of sp³-hybridized carbons (Fsp3) is 0.455. The quantitative estimate of drug-likeness (QED) is 0.0382. The van der Waals surface area contributed by atoms with Crippen molar-refractivity contribution in [2.45, 2.75) is 148 Å². The van der Waals surface area contributed by atoms with Crippen molar-refractivity contribution in [3.63, 3.8) is 0 Å². The number of unbranched alkanes of at least 4 members (excludes halogenated alkanes) is 2. The van der Waals surface area contributed by atoms with Crippen molar-refractivity contribution in [2.24, 2.45) is 0 Å². The molecule has 1 N–H and O–H groups in total. The van der Waals surface area contributed by atoms with Crippen LogP contribution in [-0.4, -0.2) is 36.4 Å². The van der Waals surface area contributed by atoms with E-state index in [1.54, 1.807) is 0 Å². The molecule has 0 spiro atoms. The lowest BCUT2D eigenvalue weighted by Crippen LogP contribution is -2.28. The standard InChI is InChI=1S/C55H80O5/c1-3-5-7-9-11-13-15-17-19-21-23-24-25-26-27-28-29-30-32-34-36-38-40-42-44-46-48-50-55(58)60-53(51-56)52-59-54(57)49-47-45-43-41-39-37-35-33-31-22-20-18-16-14-12-10-8-6-4-2/h5-8,11-14,17-20,23-24,26-27,29-31,33-34,36-37,39-40,42-43,45,53,56H,3-4,9-10,15-16,21-22,25,28,32,35,38,41,44,46-52H2,1-2H3/b7-5-,8-6-,13-11-,14-12-,19-17-,20-18-,24-23-,27-26-,30-29-,33-31-,36-34-,39-37-,42-40-,45-43-. The van der Waals surface area contributed by atoms with Crippen LogP contribution in [0.5, 0.6) is 0 Å². The average molecular weight is 821 g/mol. The van der Waals surface area contributed by atoms with E-state index in [2.05, 4.69) is 172 Å². The number of hydrogen-bond acceptors (Lipinski definition) is 5. The maximum atomic E-state index is 12.2. The van der Waals surface area contributed by atoms with E-state index in [0.717, 1.165) is 103 Å².